The fraction of sp³-hybridized carbons (Fsp3) is 0.174. The zero-order valence-corrected chi connectivity index (χ0v) is 16.5. The number of H-pyrrole nitrogens is 1. The molecule has 1 heterocycles. The number of nitrogens with zero attached hydrogens (tertiary/aromatic N) is 1. The lowest BCUT2D eigenvalue weighted by molar-refractivity contribution is -0.116. The number of carbonyl (C=O) groups excluding carboxylic acids is 3. The van der Waals surface area contributed by atoms with Crippen LogP contribution >= 0.6 is 0 Å². The Bertz CT molecular complexity index is 1150. The average molecular weight is 387 g/mol. The van der Waals surface area contributed by atoms with Crippen molar-refractivity contribution in [1.82, 2.24) is 15.2 Å². The van der Waals surface area contributed by atoms with Gasteiger partial charge in [-0.3, -0.25) is 14.4 Å². The molecule has 0 radical (unpaired) electrons. The van der Waals surface area contributed by atoms with E-state index in [9.17, 15) is 14.4 Å². The predicted octanol–water partition coefficient (Wildman–Crippen LogP) is 2.53. The summed E-state index contributed by atoms with van der Waals surface area (Å²) >= 11 is 0. The molecule has 2 amide bonds. The Morgan fingerprint density at radius 2 is 1.72 bits per heavy atom. The third-order valence-electron chi connectivity index (χ3n) is 4.43. The van der Waals surface area contributed by atoms with Crippen molar-refractivity contribution in [2.24, 2.45) is 0 Å². The molecule has 0 spiro atoms. The maximum atomic E-state index is 12.5. The summed E-state index contributed by atoms with van der Waals surface area (Å²) in [6.07, 6.45) is 0. The van der Waals surface area contributed by atoms with E-state index in [4.69, 9.17) is 0 Å². The molecule has 0 aliphatic heterocycles. The number of hydrogen-bond donors (Lipinski definition) is 2. The van der Waals surface area contributed by atoms with Gasteiger partial charge in [0.05, 0.1) is 12.1 Å². The first kappa shape index (κ1) is 19.9. The molecule has 0 bridgehead atoms. The number of benzene rings is 2. The Balaban J connectivity index is 1.62. The zero-order valence-electron chi connectivity index (χ0n) is 16.5. The molecule has 146 valence electrons. The number of aromatic nitrogens is 1. The largest absolute Gasteiger partial charge is 0.358 e. The minimum atomic E-state index is -0.695. The normalized spacial score (nSPS) is 10.2. The van der Waals surface area contributed by atoms with Crippen molar-refractivity contribution in [1.29, 1.82) is 0 Å². The molecule has 0 aliphatic carbocycles. The van der Waals surface area contributed by atoms with E-state index in [0.29, 0.717) is 22.4 Å². The number of fused-ring (bicyclic) bond motifs is 1. The van der Waals surface area contributed by atoms with E-state index in [0.717, 1.165) is 10.9 Å². The highest BCUT2D eigenvalue weighted by atomic mass is 16.2. The first-order valence-electron chi connectivity index (χ1n) is 9.09. The van der Waals surface area contributed by atoms with Crippen molar-refractivity contribution < 1.29 is 14.4 Å². The van der Waals surface area contributed by atoms with Gasteiger partial charge in [-0.05, 0) is 37.3 Å². The van der Waals surface area contributed by atoms with E-state index < -0.39 is 11.7 Å². The van der Waals surface area contributed by atoms with E-state index in [1.807, 2.05) is 24.3 Å². The molecule has 1 aromatic heterocycles. The van der Waals surface area contributed by atoms with Gasteiger partial charge in [-0.1, -0.05) is 30.0 Å². The van der Waals surface area contributed by atoms with E-state index in [-0.39, 0.29) is 12.5 Å². The first-order chi connectivity index (χ1) is 13.9. The van der Waals surface area contributed by atoms with Gasteiger partial charge in [0, 0.05) is 41.8 Å². The molecule has 0 aliphatic rings. The van der Waals surface area contributed by atoms with Crippen LogP contribution in [-0.4, -0.2) is 48.1 Å². The zero-order chi connectivity index (χ0) is 21.0. The van der Waals surface area contributed by atoms with Crippen LogP contribution in [0.15, 0.2) is 48.5 Å². The average Bonchev–Trinajstić information content (AvgIpc) is 3.05. The maximum Gasteiger partial charge on any atom is 0.293 e. The SMILES string of the molecule is Cc1[nH]c2ccccc2c1C(=O)C(=O)NCC#Cc1ccc(C(=O)N(C)C)cc1. The number of aryl methyl sites for hydroxylation is 1. The number of aromatic amines is 1. The van der Waals surface area contributed by atoms with Crippen molar-refractivity contribution >= 4 is 28.5 Å². The van der Waals surface area contributed by atoms with E-state index in [1.165, 1.54) is 4.90 Å². The van der Waals surface area contributed by atoms with Gasteiger partial charge in [-0.2, -0.15) is 0 Å². The molecule has 3 rings (SSSR count). The summed E-state index contributed by atoms with van der Waals surface area (Å²) < 4.78 is 0. The first-order valence-corrected chi connectivity index (χ1v) is 9.09. The molecule has 0 fully saturated rings. The molecule has 29 heavy (non-hydrogen) atoms. The number of ketones is 1. The number of hydrogen-bond acceptors (Lipinski definition) is 3. The second-order valence-corrected chi connectivity index (χ2v) is 6.76. The van der Waals surface area contributed by atoms with Gasteiger partial charge in [-0.15, -0.1) is 0 Å². The number of Topliss-reactive ketones (excluding diaryl/α,β-unsaturated/α-hetero) is 1. The van der Waals surface area contributed by atoms with Crippen LogP contribution in [0, 0.1) is 18.8 Å². The Kier molecular flexibility index (Phi) is 5.79. The van der Waals surface area contributed by atoms with Gasteiger partial charge in [-0.25, -0.2) is 0 Å². The molecule has 2 aromatic carbocycles. The van der Waals surface area contributed by atoms with Crippen LogP contribution in [0.25, 0.3) is 10.9 Å². The van der Waals surface area contributed by atoms with E-state index in [1.54, 1.807) is 45.3 Å². The fourth-order valence-corrected chi connectivity index (χ4v) is 2.99. The molecule has 2 N–H and O–H groups in total. The minimum absolute atomic E-state index is 0.0460. The summed E-state index contributed by atoms with van der Waals surface area (Å²) in [7, 11) is 3.38. The monoisotopic (exact) mass is 387 g/mol. The van der Waals surface area contributed by atoms with E-state index >= 15 is 0 Å². The van der Waals surface area contributed by atoms with Crippen LogP contribution in [0.2, 0.25) is 0 Å². The van der Waals surface area contributed by atoms with Crippen LogP contribution in [0.4, 0.5) is 0 Å². The van der Waals surface area contributed by atoms with Gasteiger partial charge in [0.2, 0.25) is 0 Å². The van der Waals surface area contributed by atoms with Gasteiger partial charge in [0.25, 0.3) is 17.6 Å². The van der Waals surface area contributed by atoms with Gasteiger partial charge < -0.3 is 15.2 Å². The van der Waals surface area contributed by atoms with Crippen molar-refractivity contribution in [3.05, 3.63) is 70.9 Å². The lowest BCUT2D eigenvalue weighted by Gasteiger charge is -2.09. The predicted molar refractivity (Wildman–Crippen MR) is 112 cm³/mol. The second kappa shape index (κ2) is 8.44. The van der Waals surface area contributed by atoms with Crippen LogP contribution in [0.1, 0.15) is 32.0 Å². The summed E-state index contributed by atoms with van der Waals surface area (Å²) in [5.74, 6) is 4.36. The molecule has 6 heteroatoms. The Hall–Kier alpha value is -3.85. The number of para-hydroxylation sites is 1. The molecule has 0 saturated heterocycles. The highest BCUT2D eigenvalue weighted by Gasteiger charge is 2.21. The molecular formula is C23H21N3O3. The minimum Gasteiger partial charge on any atom is -0.358 e. The quantitative estimate of drug-likeness (QED) is 0.410. The van der Waals surface area contributed by atoms with Crippen molar-refractivity contribution in [2.75, 3.05) is 20.6 Å². The number of amides is 2. The summed E-state index contributed by atoms with van der Waals surface area (Å²) in [6, 6.07) is 14.3. The van der Waals surface area contributed by atoms with Crippen molar-refractivity contribution in [3.63, 3.8) is 0 Å². The molecular weight excluding hydrogens is 366 g/mol. The summed E-state index contributed by atoms with van der Waals surface area (Å²) in [4.78, 5) is 41.3. The third kappa shape index (κ3) is 4.36. The maximum absolute atomic E-state index is 12.5. The number of rotatable bonds is 4. The van der Waals surface area contributed by atoms with Crippen molar-refractivity contribution in [2.45, 2.75) is 6.92 Å². The molecule has 3 aromatic rings. The summed E-state index contributed by atoms with van der Waals surface area (Å²) in [6.45, 7) is 1.81. The van der Waals surface area contributed by atoms with Gasteiger partial charge in [0.1, 0.15) is 0 Å². The Morgan fingerprint density at radius 3 is 2.41 bits per heavy atom. The van der Waals surface area contributed by atoms with Crippen molar-refractivity contribution in [3.8, 4) is 11.8 Å². The Labute approximate surface area is 168 Å². The highest BCUT2D eigenvalue weighted by molar-refractivity contribution is 6.45. The highest BCUT2D eigenvalue weighted by Crippen LogP contribution is 2.22. The molecule has 0 atom stereocenters. The smallest absolute Gasteiger partial charge is 0.293 e. The van der Waals surface area contributed by atoms with Crippen LogP contribution in [0.3, 0.4) is 0 Å². The molecule has 0 saturated carbocycles. The lowest BCUT2D eigenvalue weighted by atomic mass is 10.1. The lowest BCUT2D eigenvalue weighted by Crippen LogP contribution is -2.31. The van der Waals surface area contributed by atoms with E-state index in [2.05, 4.69) is 22.1 Å². The molecule has 0 unspecified atom stereocenters. The van der Waals surface area contributed by atoms with Crippen LogP contribution in [-0.2, 0) is 4.79 Å². The summed E-state index contributed by atoms with van der Waals surface area (Å²) in [5.41, 5.74) is 3.15. The topological polar surface area (TPSA) is 82.3 Å². The van der Waals surface area contributed by atoms with Gasteiger partial charge >= 0.3 is 0 Å². The fourth-order valence-electron chi connectivity index (χ4n) is 2.99. The van der Waals surface area contributed by atoms with Crippen LogP contribution < -0.4 is 5.32 Å². The summed E-state index contributed by atoms with van der Waals surface area (Å²) in [5, 5.41) is 3.27. The third-order valence-corrected chi connectivity index (χ3v) is 4.43. The van der Waals surface area contributed by atoms with Crippen LogP contribution in [0.5, 0.6) is 0 Å². The van der Waals surface area contributed by atoms with Gasteiger partial charge in [0.15, 0.2) is 0 Å². The standard InChI is InChI=1S/C23H21N3O3/c1-15-20(18-8-4-5-9-19(18)25-15)21(27)22(28)24-14-6-7-16-10-12-17(13-11-16)23(29)26(2)3/h4-5,8-13,25H,14H2,1-3H3,(H,24,28). The Morgan fingerprint density at radius 1 is 1.03 bits per heavy atom. The number of nitrogens with one attached hydrogen (secondary N) is 2. The number of carbonyl (C=O) groups is 3. The second-order valence-electron chi connectivity index (χ2n) is 6.76. The molecule has 6 nitrogen and oxygen atoms in total.